The molecule has 0 unspecified atom stereocenters. The van der Waals surface area contributed by atoms with Crippen LogP contribution < -0.4 is 4.90 Å². The number of para-hydroxylation sites is 1. The Bertz CT molecular complexity index is 880. The number of benzene rings is 2. The van der Waals surface area contributed by atoms with Crippen molar-refractivity contribution < 1.29 is 0 Å². The second kappa shape index (κ2) is 7.42. The Labute approximate surface area is 155 Å². The topological polar surface area (TPSA) is 32.3 Å². The van der Waals surface area contributed by atoms with Crippen LogP contribution in [0, 0.1) is 6.92 Å². The minimum Gasteiger partial charge on any atom is -0.353 e. The Morgan fingerprint density at radius 2 is 1.62 bits per heavy atom. The number of hydrogen-bond donors (Lipinski definition) is 0. The molecule has 2 aromatic carbocycles. The first-order valence-electron chi connectivity index (χ1n) is 9.55. The summed E-state index contributed by atoms with van der Waals surface area (Å²) in [5, 5.41) is 1.15. The molecule has 1 aliphatic rings. The Hall–Kier alpha value is -2.46. The van der Waals surface area contributed by atoms with Crippen LogP contribution in [0.1, 0.15) is 18.9 Å². The average Bonchev–Trinajstić information content (AvgIpc) is 2.69. The molecule has 0 spiro atoms. The molecule has 0 amide bonds. The van der Waals surface area contributed by atoms with Crippen LogP contribution in [0.3, 0.4) is 0 Å². The second-order valence-electron chi connectivity index (χ2n) is 7.08. The van der Waals surface area contributed by atoms with Gasteiger partial charge in [-0.2, -0.15) is 0 Å². The van der Waals surface area contributed by atoms with Crippen molar-refractivity contribution in [1.29, 1.82) is 0 Å². The van der Waals surface area contributed by atoms with Gasteiger partial charge in [-0.05, 0) is 32.0 Å². The maximum Gasteiger partial charge on any atom is 0.162 e. The standard InChI is InChI=1S/C22H26N4/c1-3-12-25-13-15-26(16-14-25)22-19-6-4-5-7-20(19)23-21(24-22)18-10-8-17(2)9-11-18/h4-11H,3,12-16H2,1-2H3. The molecular weight excluding hydrogens is 320 g/mol. The van der Waals surface area contributed by atoms with Gasteiger partial charge in [0, 0.05) is 37.1 Å². The molecule has 1 aliphatic heterocycles. The molecular formula is C22H26N4. The zero-order valence-electron chi connectivity index (χ0n) is 15.7. The molecule has 4 rings (SSSR count). The summed E-state index contributed by atoms with van der Waals surface area (Å²) in [6.45, 7) is 9.79. The second-order valence-corrected chi connectivity index (χ2v) is 7.08. The number of hydrogen-bond acceptors (Lipinski definition) is 4. The molecule has 0 radical (unpaired) electrons. The number of anilines is 1. The number of aromatic nitrogens is 2. The number of rotatable bonds is 4. The molecule has 0 bridgehead atoms. The fraction of sp³-hybridized carbons (Fsp3) is 0.364. The van der Waals surface area contributed by atoms with E-state index in [1.165, 1.54) is 18.5 Å². The summed E-state index contributed by atoms with van der Waals surface area (Å²) in [6.07, 6.45) is 1.22. The largest absolute Gasteiger partial charge is 0.353 e. The lowest BCUT2D eigenvalue weighted by atomic mass is 10.1. The van der Waals surface area contributed by atoms with E-state index < -0.39 is 0 Å². The summed E-state index contributed by atoms with van der Waals surface area (Å²) in [5.74, 6) is 1.89. The van der Waals surface area contributed by atoms with Crippen LogP contribution in [0.15, 0.2) is 48.5 Å². The highest BCUT2D eigenvalue weighted by Crippen LogP contribution is 2.28. The van der Waals surface area contributed by atoms with Gasteiger partial charge >= 0.3 is 0 Å². The van der Waals surface area contributed by atoms with Crippen molar-refractivity contribution in [2.24, 2.45) is 0 Å². The molecule has 1 saturated heterocycles. The van der Waals surface area contributed by atoms with Gasteiger partial charge in [0.1, 0.15) is 5.82 Å². The number of fused-ring (bicyclic) bond motifs is 1. The minimum absolute atomic E-state index is 0.815. The van der Waals surface area contributed by atoms with Crippen LogP contribution in [-0.2, 0) is 0 Å². The van der Waals surface area contributed by atoms with E-state index in [-0.39, 0.29) is 0 Å². The SMILES string of the molecule is CCCN1CCN(c2nc(-c3ccc(C)cc3)nc3ccccc23)CC1. The Morgan fingerprint density at radius 1 is 0.885 bits per heavy atom. The highest BCUT2D eigenvalue weighted by atomic mass is 15.3. The Balaban J connectivity index is 1.72. The van der Waals surface area contributed by atoms with Crippen LogP contribution in [-0.4, -0.2) is 47.6 Å². The smallest absolute Gasteiger partial charge is 0.162 e. The van der Waals surface area contributed by atoms with Gasteiger partial charge < -0.3 is 4.90 Å². The van der Waals surface area contributed by atoms with Gasteiger partial charge in [0.25, 0.3) is 0 Å². The maximum atomic E-state index is 4.99. The van der Waals surface area contributed by atoms with Gasteiger partial charge in [-0.25, -0.2) is 9.97 Å². The van der Waals surface area contributed by atoms with Crippen LogP contribution in [0.25, 0.3) is 22.3 Å². The van der Waals surface area contributed by atoms with Crippen LogP contribution in [0.2, 0.25) is 0 Å². The molecule has 134 valence electrons. The van der Waals surface area contributed by atoms with Gasteiger partial charge in [0.2, 0.25) is 0 Å². The van der Waals surface area contributed by atoms with Crippen molar-refractivity contribution >= 4 is 16.7 Å². The third-order valence-electron chi connectivity index (χ3n) is 5.10. The molecule has 4 heteroatoms. The van der Waals surface area contributed by atoms with E-state index in [0.29, 0.717) is 0 Å². The molecule has 1 fully saturated rings. The lowest BCUT2D eigenvalue weighted by molar-refractivity contribution is 0.258. The van der Waals surface area contributed by atoms with Gasteiger partial charge in [-0.15, -0.1) is 0 Å². The van der Waals surface area contributed by atoms with Crippen molar-refractivity contribution in [1.82, 2.24) is 14.9 Å². The lowest BCUT2D eigenvalue weighted by Gasteiger charge is -2.35. The summed E-state index contributed by atoms with van der Waals surface area (Å²) in [4.78, 5) is 14.8. The summed E-state index contributed by atoms with van der Waals surface area (Å²) in [6, 6.07) is 16.8. The fourth-order valence-corrected chi connectivity index (χ4v) is 3.63. The quantitative estimate of drug-likeness (QED) is 0.711. The summed E-state index contributed by atoms with van der Waals surface area (Å²) >= 11 is 0. The van der Waals surface area contributed by atoms with Gasteiger partial charge in [0.05, 0.1) is 5.52 Å². The maximum absolute atomic E-state index is 4.99. The van der Waals surface area contributed by atoms with Crippen molar-refractivity contribution in [3.63, 3.8) is 0 Å². The molecule has 3 aromatic rings. The number of aryl methyl sites for hydroxylation is 1. The van der Waals surface area contributed by atoms with Crippen molar-refractivity contribution in [2.45, 2.75) is 20.3 Å². The minimum atomic E-state index is 0.815. The van der Waals surface area contributed by atoms with E-state index >= 15 is 0 Å². The van der Waals surface area contributed by atoms with Crippen LogP contribution in [0.4, 0.5) is 5.82 Å². The summed E-state index contributed by atoms with van der Waals surface area (Å²) in [7, 11) is 0. The molecule has 0 N–H and O–H groups in total. The molecule has 26 heavy (non-hydrogen) atoms. The monoisotopic (exact) mass is 346 g/mol. The zero-order valence-corrected chi connectivity index (χ0v) is 15.7. The van der Waals surface area contributed by atoms with Gasteiger partial charge in [-0.1, -0.05) is 48.9 Å². The number of piperazine rings is 1. The molecule has 4 nitrogen and oxygen atoms in total. The lowest BCUT2D eigenvalue weighted by Crippen LogP contribution is -2.46. The van der Waals surface area contributed by atoms with E-state index in [2.05, 4.69) is 72.2 Å². The van der Waals surface area contributed by atoms with Gasteiger partial charge in [0.15, 0.2) is 5.82 Å². The molecule has 0 aliphatic carbocycles. The third-order valence-corrected chi connectivity index (χ3v) is 5.10. The average molecular weight is 346 g/mol. The first kappa shape index (κ1) is 17.0. The highest BCUT2D eigenvalue weighted by molar-refractivity contribution is 5.91. The normalized spacial score (nSPS) is 15.5. The van der Waals surface area contributed by atoms with Crippen molar-refractivity contribution in [2.75, 3.05) is 37.6 Å². The molecule has 1 aromatic heterocycles. The number of nitrogens with zero attached hydrogens (tertiary/aromatic N) is 4. The zero-order chi connectivity index (χ0) is 17.9. The third kappa shape index (κ3) is 3.42. The van der Waals surface area contributed by atoms with Gasteiger partial charge in [-0.3, -0.25) is 4.90 Å². The molecule has 0 saturated carbocycles. The predicted molar refractivity (Wildman–Crippen MR) is 109 cm³/mol. The van der Waals surface area contributed by atoms with Crippen LogP contribution in [0.5, 0.6) is 0 Å². The van der Waals surface area contributed by atoms with E-state index in [9.17, 15) is 0 Å². The highest BCUT2D eigenvalue weighted by Gasteiger charge is 2.20. The van der Waals surface area contributed by atoms with E-state index in [0.717, 1.165) is 54.3 Å². The van der Waals surface area contributed by atoms with Crippen molar-refractivity contribution in [3.8, 4) is 11.4 Å². The van der Waals surface area contributed by atoms with E-state index in [1.807, 2.05) is 0 Å². The summed E-state index contributed by atoms with van der Waals surface area (Å²) in [5.41, 5.74) is 3.35. The van der Waals surface area contributed by atoms with Crippen LogP contribution >= 0.6 is 0 Å². The summed E-state index contributed by atoms with van der Waals surface area (Å²) < 4.78 is 0. The van der Waals surface area contributed by atoms with Crippen molar-refractivity contribution in [3.05, 3.63) is 54.1 Å². The predicted octanol–water partition coefficient (Wildman–Crippen LogP) is 4.14. The fourth-order valence-electron chi connectivity index (χ4n) is 3.63. The first-order chi connectivity index (χ1) is 12.7. The van der Waals surface area contributed by atoms with E-state index in [1.54, 1.807) is 0 Å². The molecule has 2 heterocycles. The first-order valence-corrected chi connectivity index (χ1v) is 9.55. The Morgan fingerprint density at radius 3 is 2.35 bits per heavy atom. The van der Waals surface area contributed by atoms with E-state index in [4.69, 9.17) is 9.97 Å². The molecule has 0 atom stereocenters. The Kier molecular flexibility index (Phi) is 4.85.